The molecule has 1 aromatic heterocycles. The number of halogens is 1. The van der Waals surface area contributed by atoms with Gasteiger partial charge in [-0.1, -0.05) is 20.8 Å². The lowest BCUT2D eigenvalue weighted by Crippen LogP contribution is -2.36. The number of furan rings is 1. The number of rotatable bonds is 3. The Labute approximate surface area is 131 Å². The number of morpholine rings is 1. The molecule has 0 aliphatic carbocycles. The molecule has 0 spiro atoms. The van der Waals surface area contributed by atoms with Gasteiger partial charge in [0.05, 0.1) is 13.2 Å². The number of carbonyl (C=O) groups is 1. The molecule has 2 heterocycles. The minimum Gasteiger partial charge on any atom is -0.478 e. The van der Waals surface area contributed by atoms with Crippen molar-refractivity contribution in [3.05, 3.63) is 22.6 Å². The van der Waals surface area contributed by atoms with E-state index in [-0.39, 0.29) is 17.8 Å². The smallest absolute Gasteiger partial charge is 0.339 e. The van der Waals surface area contributed by atoms with Gasteiger partial charge in [0.25, 0.3) is 0 Å². The summed E-state index contributed by atoms with van der Waals surface area (Å²) in [4.78, 5) is 13.7. The van der Waals surface area contributed by atoms with Crippen LogP contribution in [-0.2, 0) is 16.7 Å². The Balaban J connectivity index is 0.00000220. The molecule has 0 atom stereocenters. The van der Waals surface area contributed by atoms with E-state index in [1.54, 1.807) is 6.92 Å². The SMILES string of the molecule is Cc1oc(C(C)(C)C)c(CN2CCOCC2)c1C(=O)O.Cl. The summed E-state index contributed by atoms with van der Waals surface area (Å²) in [5.41, 5.74) is 0.922. The van der Waals surface area contributed by atoms with Crippen LogP contribution in [0.3, 0.4) is 0 Å². The van der Waals surface area contributed by atoms with Crippen LogP contribution in [-0.4, -0.2) is 42.3 Å². The first-order chi connectivity index (χ1) is 9.30. The van der Waals surface area contributed by atoms with E-state index in [0.717, 1.165) is 24.4 Å². The van der Waals surface area contributed by atoms with Crippen molar-refractivity contribution in [2.45, 2.75) is 39.7 Å². The van der Waals surface area contributed by atoms with Crippen molar-refractivity contribution >= 4 is 18.4 Å². The zero-order valence-corrected chi connectivity index (χ0v) is 13.9. The molecule has 1 saturated heterocycles. The van der Waals surface area contributed by atoms with Gasteiger partial charge >= 0.3 is 5.97 Å². The molecule has 0 amide bonds. The van der Waals surface area contributed by atoms with Gasteiger partial charge in [-0.05, 0) is 6.92 Å². The predicted octanol–water partition coefficient (Wildman–Crippen LogP) is 2.84. The molecule has 120 valence electrons. The number of aromatic carboxylic acids is 1. The van der Waals surface area contributed by atoms with Crippen LogP contribution in [0.15, 0.2) is 4.42 Å². The monoisotopic (exact) mass is 317 g/mol. The highest BCUT2D eigenvalue weighted by molar-refractivity contribution is 5.91. The lowest BCUT2D eigenvalue weighted by Gasteiger charge is -2.28. The maximum absolute atomic E-state index is 11.5. The van der Waals surface area contributed by atoms with Gasteiger partial charge in [-0.3, -0.25) is 4.90 Å². The molecule has 2 rings (SSSR count). The molecular weight excluding hydrogens is 294 g/mol. The summed E-state index contributed by atoms with van der Waals surface area (Å²) in [5.74, 6) is 0.356. The van der Waals surface area contributed by atoms with Crippen molar-refractivity contribution in [2.75, 3.05) is 26.3 Å². The summed E-state index contributed by atoms with van der Waals surface area (Å²) in [6, 6.07) is 0. The summed E-state index contributed by atoms with van der Waals surface area (Å²) in [6.07, 6.45) is 0. The Hall–Kier alpha value is -1.04. The number of carboxylic acids is 1. The number of ether oxygens (including phenoxy) is 1. The Bertz CT molecular complexity index is 499. The van der Waals surface area contributed by atoms with Gasteiger partial charge in [-0.2, -0.15) is 0 Å². The Morgan fingerprint density at radius 3 is 2.33 bits per heavy atom. The number of hydrogen-bond donors (Lipinski definition) is 1. The molecule has 1 fully saturated rings. The van der Waals surface area contributed by atoms with E-state index in [1.165, 1.54) is 0 Å². The summed E-state index contributed by atoms with van der Waals surface area (Å²) in [6.45, 7) is 11.5. The fraction of sp³-hybridized carbons (Fsp3) is 0.667. The van der Waals surface area contributed by atoms with Crippen molar-refractivity contribution < 1.29 is 19.1 Å². The quantitative estimate of drug-likeness (QED) is 0.928. The molecule has 0 radical (unpaired) electrons. The van der Waals surface area contributed by atoms with Gasteiger partial charge in [0.1, 0.15) is 17.1 Å². The van der Waals surface area contributed by atoms with E-state index in [1.807, 2.05) is 20.8 Å². The normalized spacial score (nSPS) is 16.6. The van der Waals surface area contributed by atoms with Gasteiger partial charge in [0, 0.05) is 30.6 Å². The maximum atomic E-state index is 11.5. The van der Waals surface area contributed by atoms with Crippen LogP contribution in [0.2, 0.25) is 0 Å². The van der Waals surface area contributed by atoms with Crippen LogP contribution in [0, 0.1) is 6.92 Å². The van der Waals surface area contributed by atoms with E-state index in [0.29, 0.717) is 31.1 Å². The molecular formula is C15H24ClNO4. The van der Waals surface area contributed by atoms with E-state index in [9.17, 15) is 9.90 Å². The summed E-state index contributed by atoms with van der Waals surface area (Å²) in [5, 5.41) is 9.45. The van der Waals surface area contributed by atoms with Crippen molar-refractivity contribution in [3.8, 4) is 0 Å². The number of hydrogen-bond acceptors (Lipinski definition) is 4. The molecule has 21 heavy (non-hydrogen) atoms. The fourth-order valence-electron chi connectivity index (χ4n) is 2.61. The molecule has 5 nitrogen and oxygen atoms in total. The van der Waals surface area contributed by atoms with E-state index in [2.05, 4.69) is 4.90 Å². The first kappa shape index (κ1) is 18.0. The van der Waals surface area contributed by atoms with Gasteiger partial charge < -0.3 is 14.3 Å². The molecule has 0 unspecified atom stereocenters. The minimum atomic E-state index is -0.912. The molecule has 1 aliphatic rings. The lowest BCUT2D eigenvalue weighted by molar-refractivity contribution is 0.0336. The van der Waals surface area contributed by atoms with Crippen molar-refractivity contribution in [1.82, 2.24) is 4.90 Å². The van der Waals surface area contributed by atoms with E-state index < -0.39 is 5.97 Å². The van der Waals surface area contributed by atoms with Crippen LogP contribution in [0.25, 0.3) is 0 Å². The Morgan fingerprint density at radius 1 is 1.29 bits per heavy atom. The Kier molecular flexibility index (Phi) is 5.84. The van der Waals surface area contributed by atoms with Crippen LogP contribution < -0.4 is 0 Å². The lowest BCUT2D eigenvalue weighted by atomic mass is 9.89. The van der Waals surface area contributed by atoms with Gasteiger partial charge in [0.2, 0.25) is 0 Å². The van der Waals surface area contributed by atoms with Crippen LogP contribution in [0.4, 0.5) is 0 Å². The summed E-state index contributed by atoms with van der Waals surface area (Å²) in [7, 11) is 0. The topological polar surface area (TPSA) is 62.9 Å². The second-order valence-electron chi connectivity index (χ2n) is 6.28. The minimum absolute atomic E-state index is 0. The second-order valence-corrected chi connectivity index (χ2v) is 6.28. The zero-order chi connectivity index (χ0) is 14.9. The standard InChI is InChI=1S/C15H23NO4.ClH/c1-10-12(14(17)18)11(13(20-10)15(2,3)4)9-16-5-7-19-8-6-16;/h5-9H2,1-4H3,(H,17,18);1H. The molecule has 0 saturated carbocycles. The summed E-state index contributed by atoms with van der Waals surface area (Å²) >= 11 is 0. The van der Waals surface area contributed by atoms with E-state index >= 15 is 0 Å². The number of nitrogens with zero attached hydrogens (tertiary/aromatic N) is 1. The molecule has 1 aliphatic heterocycles. The van der Waals surface area contributed by atoms with Gasteiger partial charge in [0.15, 0.2) is 0 Å². The average Bonchev–Trinajstić information content (AvgIpc) is 2.67. The highest BCUT2D eigenvalue weighted by Gasteiger charge is 2.31. The molecule has 1 N–H and O–H groups in total. The largest absolute Gasteiger partial charge is 0.478 e. The third-order valence-corrected chi connectivity index (χ3v) is 3.56. The first-order valence-corrected chi connectivity index (χ1v) is 6.97. The maximum Gasteiger partial charge on any atom is 0.339 e. The van der Waals surface area contributed by atoms with Crippen molar-refractivity contribution in [3.63, 3.8) is 0 Å². The van der Waals surface area contributed by atoms with Crippen LogP contribution in [0.1, 0.15) is 48.2 Å². The average molecular weight is 318 g/mol. The van der Waals surface area contributed by atoms with Crippen LogP contribution in [0.5, 0.6) is 0 Å². The van der Waals surface area contributed by atoms with E-state index in [4.69, 9.17) is 9.15 Å². The number of aryl methyl sites for hydroxylation is 1. The fourth-order valence-corrected chi connectivity index (χ4v) is 2.61. The zero-order valence-electron chi connectivity index (χ0n) is 13.1. The third-order valence-electron chi connectivity index (χ3n) is 3.56. The molecule has 0 aromatic carbocycles. The third kappa shape index (κ3) is 3.99. The second kappa shape index (κ2) is 6.81. The van der Waals surface area contributed by atoms with Gasteiger partial charge in [-0.15, -0.1) is 12.4 Å². The highest BCUT2D eigenvalue weighted by Crippen LogP contribution is 2.33. The number of carboxylic acid groups (broad SMARTS) is 1. The molecule has 6 heteroatoms. The predicted molar refractivity (Wildman–Crippen MR) is 82.4 cm³/mol. The highest BCUT2D eigenvalue weighted by atomic mass is 35.5. The van der Waals surface area contributed by atoms with Crippen molar-refractivity contribution in [1.29, 1.82) is 0 Å². The Morgan fingerprint density at radius 2 is 1.86 bits per heavy atom. The molecule has 0 bridgehead atoms. The van der Waals surface area contributed by atoms with Crippen molar-refractivity contribution in [2.24, 2.45) is 0 Å². The van der Waals surface area contributed by atoms with Gasteiger partial charge in [-0.25, -0.2) is 4.79 Å². The summed E-state index contributed by atoms with van der Waals surface area (Å²) < 4.78 is 11.1. The first-order valence-electron chi connectivity index (χ1n) is 6.97. The van der Waals surface area contributed by atoms with Crippen LogP contribution >= 0.6 is 12.4 Å². The molecule has 1 aromatic rings.